The third kappa shape index (κ3) is 16.9. The molecule has 0 aliphatic carbocycles. The molecular formula is C45H53N3O13. The predicted molar refractivity (Wildman–Crippen MR) is 221 cm³/mol. The molecule has 0 aliphatic heterocycles. The van der Waals surface area contributed by atoms with Gasteiger partial charge in [-0.3, -0.25) is 19.2 Å². The second kappa shape index (κ2) is 23.8. The van der Waals surface area contributed by atoms with Crippen LogP contribution in [0.4, 0.5) is 0 Å². The van der Waals surface area contributed by atoms with Gasteiger partial charge in [-0.25, -0.2) is 14.4 Å². The number of nitrogens with two attached hydrogens (primary N) is 2. The first-order valence-electron chi connectivity index (χ1n) is 19.3. The normalized spacial score (nSPS) is 12.3. The number of carbonyl (C=O) groups excluding carboxylic acids is 7. The summed E-state index contributed by atoms with van der Waals surface area (Å²) in [5, 5.41) is 2.67. The van der Waals surface area contributed by atoms with Gasteiger partial charge in [0.05, 0.1) is 32.1 Å². The molecule has 3 aromatic carbocycles. The summed E-state index contributed by atoms with van der Waals surface area (Å²) in [6.07, 6.45) is -0.860. The molecule has 0 heterocycles. The molecular weight excluding hydrogens is 791 g/mol. The first-order chi connectivity index (χ1) is 28.8. The molecule has 3 rings (SSSR count). The van der Waals surface area contributed by atoms with Crippen LogP contribution < -0.4 is 26.3 Å². The van der Waals surface area contributed by atoms with Crippen LogP contribution in [-0.2, 0) is 78.6 Å². The van der Waals surface area contributed by atoms with Crippen molar-refractivity contribution in [1.29, 1.82) is 0 Å². The minimum atomic E-state index is -0.992. The number of carbonyl (C=O) groups is 7. The molecule has 0 radical (unpaired) electrons. The molecule has 0 fully saturated rings. The maximum atomic E-state index is 12.7. The number of benzene rings is 3. The fourth-order valence-corrected chi connectivity index (χ4v) is 5.17. The summed E-state index contributed by atoms with van der Waals surface area (Å²) in [5.74, 6) is -4.42. The third-order valence-electron chi connectivity index (χ3n) is 8.76. The number of hydrogen-bond donors (Lipinski definition) is 3. The maximum Gasteiger partial charge on any atom is 0.339 e. The Labute approximate surface area is 354 Å². The summed E-state index contributed by atoms with van der Waals surface area (Å²) in [5.41, 5.74) is 14.4. The molecule has 0 aromatic heterocycles. The van der Waals surface area contributed by atoms with Gasteiger partial charge in [-0.1, -0.05) is 75.5 Å². The lowest BCUT2D eigenvalue weighted by atomic mass is 10.0. The summed E-state index contributed by atoms with van der Waals surface area (Å²) >= 11 is 0. The smallest absolute Gasteiger partial charge is 0.339 e. The SMILES string of the molecule is C=C(CC(=O)OC)C(=O)Oc1ccc(CC(N)C(=O)OCc2ccc(COC(=O)CC(=C)C(=O)Oc3ccc(CC(NC(=O)C(N)C(C)C)C(=O)OC(C)C)cc3)cc2)cc1. The Bertz CT molecular complexity index is 2040. The van der Waals surface area contributed by atoms with Crippen molar-refractivity contribution >= 4 is 41.7 Å². The monoisotopic (exact) mass is 843 g/mol. The fourth-order valence-electron chi connectivity index (χ4n) is 5.17. The molecule has 16 nitrogen and oxygen atoms in total. The van der Waals surface area contributed by atoms with Gasteiger partial charge in [-0.15, -0.1) is 0 Å². The van der Waals surface area contributed by atoms with Gasteiger partial charge in [0.1, 0.15) is 36.8 Å². The van der Waals surface area contributed by atoms with Crippen LogP contribution in [-0.4, -0.2) is 73.1 Å². The van der Waals surface area contributed by atoms with Crippen LogP contribution in [0.25, 0.3) is 0 Å². The summed E-state index contributed by atoms with van der Waals surface area (Å²) in [4.78, 5) is 86.5. The molecule has 0 saturated carbocycles. The highest BCUT2D eigenvalue weighted by Gasteiger charge is 2.27. The quantitative estimate of drug-likeness (QED) is 0.0563. The number of esters is 6. The number of rotatable bonds is 22. The number of nitrogens with one attached hydrogen (secondary N) is 1. The molecule has 3 aromatic rings. The molecule has 0 aliphatic rings. The van der Waals surface area contributed by atoms with Crippen LogP contribution in [0.3, 0.4) is 0 Å². The molecule has 3 atom stereocenters. The highest BCUT2D eigenvalue weighted by Crippen LogP contribution is 2.19. The summed E-state index contributed by atoms with van der Waals surface area (Å²) < 4.78 is 31.0. The van der Waals surface area contributed by atoms with E-state index in [-0.39, 0.29) is 61.0 Å². The summed E-state index contributed by atoms with van der Waals surface area (Å²) in [6, 6.07) is 16.6. The van der Waals surface area contributed by atoms with Crippen molar-refractivity contribution in [3.05, 3.63) is 119 Å². The van der Waals surface area contributed by atoms with E-state index in [2.05, 4.69) is 23.2 Å². The van der Waals surface area contributed by atoms with Crippen molar-refractivity contribution in [3.8, 4) is 11.5 Å². The minimum absolute atomic E-state index is 0.0547. The Morgan fingerprint density at radius 2 is 1.05 bits per heavy atom. The zero-order valence-electron chi connectivity index (χ0n) is 34.9. The van der Waals surface area contributed by atoms with Gasteiger partial charge in [0.25, 0.3) is 0 Å². The lowest BCUT2D eigenvalue weighted by Crippen LogP contribution is -2.51. The average molecular weight is 844 g/mol. The van der Waals surface area contributed by atoms with Gasteiger partial charge < -0.3 is 45.2 Å². The van der Waals surface area contributed by atoms with E-state index in [4.69, 9.17) is 35.2 Å². The first kappa shape index (κ1) is 48.7. The lowest BCUT2D eigenvalue weighted by molar-refractivity contribution is -0.151. The molecule has 3 unspecified atom stereocenters. The number of hydrogen-bond acceptors (Lipinski definition) is 15. The molecule has 0 bridgehead atoms. The van der Waals surface area contributed by atoms with Crippen LogP contribution in [0.2, 0.25) is 0 Å². The van der Waals surface area contributed by atoms with Crippen molar-refractivity contribution in [2.75, 3.05) is 7.11 Å². The first-order valence-corrected chi connectivity index (χ1v) is 19.3. The van der Waals surface area contributed by atoms with Crippen molar-refractivity contribution in [3.63, 3.8) is 0 Å². The van der Waals surface area contributed by atoms with Crippen LogP contribution >= 0.6 is 0 Å². The molecule has 326 valence electrons. The van der Waals surface area contributed by atoms with Crippen molar-refractivity contribution < 1.29 is 62.0 Å². The zero-order valence-corrected chi connectivity index (χ0v) is 34.9. The molecule has 1 amide bonds. The average Bonchev–Trinajstić information content (AvgIpc) is 3.22. The number of methoxy groups -OCH3 is 1. The zero-order chi connectivity index (χ0) is 45.2. The Morgan fingerprint density at radius 3 is 1.51 bits per heavy atom. The number of ether oxygens (including phenoxy) is 6. The fraction of sp³-hybridized carbons (Fsp3) is 0.356. The van der Waals surface area contributed by atoms with Crippen LogP contribution in [0.5, 0.6) is 11.5 Å². The van der Waals surface area contributed by atoms with Crippen molar-refractivity contribution in [1.82, 2.24) is 5.32 Å². The van der Waals surface area contributed by atoms with E-state index in [0.717, 1.165) is 0 Å². The molecule has 5 N–H and O–H groups in total. The Morgan fingerprint density at radius 1 is 0.607 bits per heavy atom. The summed E-state index contributed by atoms with van der Waals surface area (Å²) in [6.45, 7) is 14.0. The van der Waals surface area contributed by atoms with Gasteiger partial charge >= 0.3 is 35.8 Å². The van der Waals surface area contributed by atoms with E-state index in [0.29, 0.717) is 22.3 Å². The van der Waals surface area contributed by atoms with E-state index in [1.54, 1.807) is 76.2 Å². The maximum absolute atomic E-state index is 12.7. The Kier molecular flexibility index (Phi) is 19.0. The van der Waals surface area contributed by atoms with E-state index < -0.39 is 72.4 Å². The van der Waals surface area contributed by atoms with Crippen LogP contribution in [0, 0.1) is 5.92 Å². The van der Waals surface area contributed by atoms with E-state index in [1.807, 2.05) is 0 Å². The Balaban J connectivity index is 1.40. The van der Waals surface area contributed by atoms with Crippen LogP contribution in [0.1, 0.15) is 62.8 Å². The van der Waals surface area contributed by atoms with Gasteiger partial charge in [0.2, 0.25) is 5.91 Å². The second-order valence-corrected chi connectivity index (χ2v) is 14.6. The Hall–Kier alpha value is -6.65. The van der Waals surface area contributed by atoms with Gasteiger partial charge in [0, 0.05) is 17.6 Å². The molecule has 61 heavy (non-hydrogen) atoms. The molecule has 0 spiro atoms. The topological polar surface area (TPSA) is 239 Å². The largest absolute Gasteiger partial charge is 0.469 e. The highest BCUT2D eigenvalue weighted by atomic mass is 16.6. The number of amides is 1. The standard InChI is InChI=1S/C45H53N3O13/c1-26(2)40(47)41(51)48-37(45(55)59-27(3)4)23-31-14-18-35(19-15-31)61-43(53)29(6)21-39(50)57-24-32-8-10-33(11-9-32)25-58-44(54)36(46)22-30-12-16-34(17-13-30)60-42(52)28(5)20-38(49)56-7/h8-19,26-27,36-37,40H,5-6,20-25,46-47H2,1-4,7H3,(H,48,51). The van der Waals surface area contributed by atoms with E-state index >= 15 is 0 Å². The molecule has 0 saturated heterocycles. The lowest BCUT2D eigenvalue weighted by Gasteiger charge is -2.22. The van der Waals surface area contributed by atoms with Gasteiger partial charge in [-0.2, -0.15) is 0 Å². The molecule has 16 heteroatoms. The van der Waals surface area contributed by atoms with Crippen molar-refractivity contribution in [2.45, 2.75) is 90.8 Å². The van der Waals surface area contributed by atoms with E-state index in [1.165, 1.54) is 31.4 Å². The van der Waals surface area contributed by atoms with Crippen molar-refractivity contribution in [2.24, 2.45) is 17.4 Å². The summed E-state index contributed by atoms with van der Waals surface area (Å²) in [7, 11) is 1.20. The highest BCUT2D eigenvalue weighted by molar-refractivity contribution is 5.95. The van der Waals surface area contributed by atoms with Crippen LogP contribution in [0.15, 0.2) is 97.1 Å². The van der Waals surface area contributed by atoms with E-state index in [9.17, 15) is 33.6 Å². The third-order valence-corrected chi connectivity index (χ3v) is 8.76. The van der Waals surface area contributed by atoms with Gasteiger partial charge in [-0.05, 0) is 72.7 Å². The second-order valence-electron chi connectivity index (χ2n) is 14.6. The predicted octanol–water partition coefficient (Wildman–Crippen LogP) is 3.88. The minimum Gasteiger partial charge on any atom is -0.469 e. The van der Waals surface area contributed by atoms with Gasteiger partial charge in [0.15, 0.2) is 0 Å².